The molecule has 1 aliphatic rings. The Hall–Kier alpha value is -2.93. The fourth-order valence-electron chi connectivity index (χ4n) is 4.50. The highest BCUT2D eigenvalue weighted by Gasteiger charge is 2.21. The minimum absolute atomic E-state index is 0.0917. The molecular weight excluding hydrogens is 414 g/mol. The molecule has 3 aromatic rings. The van der Waals surface area contributed by atoms with Crippen molar-refractivity contribution >= 4 is 5.95 Å². The van der Waals surface area contributed by atoms with E-state index in [4.69, 9.17) is 9.72 Å². The number of aromatic nitrogens is 4. The average molecular weight is 450 g/mol. The molecule has 176 valence electrons. The summed E-state index contributed by atoms with van der Waals surface area (Å²) < 4.78 is 9.07. The molecule has 1 atom stereocenters. The molecule has 4 rings (SSSR count). The van der Waals surface area contributed by atoms with Crippen LogP contribution in [0.4, 0.5) is 5.95 Å². The van der Waals surface area contributed by atoms with Crippen LogP contribution in [0, 0.1) is 12.8 Å². The second-order valence-corrected chi connectivity index (χ2v) is 9.25. The average Bonchev–Trinajstić information content (AvgIpc) is 3.16. The molecule has 2 heterocycles. The van der Waals surface area contributed by atoms with Crippen LogP contribution < -0.4 is 11.0 Å². The van der Waals surface area contributed by atoms with E-state index in [0.29, 0.717) is 25.2 Å². The van der Waals surface area contributed by atoms with E-state index in [1.54, 1.807) is 15.3 Å². The maximum absolute atomic E-state index is 13.5. The zero-order valence-corrected chi connectivity index (χ0v) is 20.1. The topological polar surface area (TPSA) is 74.0 Å². The lowest BCUT2D eigenvalue weighted by Gasteiger charge is -2.26. The van der Waals surface area contributed by atoms with Gasteiger partial charge in [-0.3, -0.25) is 9.13 Å². The standard InChI is InChI=1S/C26H35N5O2/c1-5-33-17-20(4)30-16-24(31(26(30)32)22-8-6-7-19(3)15-22)23-13-14-27-25(29-23)28-21-11-9-18(2)10-12-21/h6-8,13-16,18,20-21H,5,9-12,17H2,1-4H3,(H,27,28,29)/t18-,20?,21-. The van der Waals surface area contributed by atoms with E-state index in [-0.39, 0.29) is 11.7 Å². The van der Waals surface area contributed by atoms with E-state index in [1.807, 2.05) is 57.3 Å². The molecule has 1 N–H and O–H groups in total. The van der Waals surface area contributed by atoms with Crippen molar-refractivity contribution in [3.63, 3.8) is 0 Å². The highest BCUT2D eigenvalue weighted by atomic mass is 16.5. The summed E-state index contributed by atoms with van der Waals surface area (Å²) in [6.07, 6.45) is 8.38. The number of hydrogen-bond acceptors (Lipinski definition) is 5. The second-order valence-electron chi connectivity index (χ2n) is 9.25. The number of aryl methyl sites for hydroxylation is 1. The quantitative estimate of drug-likeness (QED) is 0.524. The molecule has 0 saturated heterocycles. The molecular formula is C26H35N5O2. The predicted molar refractivity (Wildman–Crippen MR) is 132 cm³/mol. The number of benzene rings is 1. The second kappa shape index (κ2) is 10.3. The van der Waals surface area contributed by atoms with Crippen molar-refractivity contribution in [2.45, 2.75) is 65.5 Å². The van der Waals surface area contributed by atoms with E-state index in [1.165, 1.54) is 12.8 Å². The van der Waals surface area contributed by atoms with Crippen LogP contribution in [0.25, 0.3) is 17.1 Å². The van der Waals surface area contributed by atoms with Crippen molar-refractivity contribution < 1.29 is 4.74 Å². The molecule has 0 amide bonds. The van der Waals surface area contributed by atoms with Gasteiger partial charge in [-0.25, -0.2) is 14.8 Å². The van der Waals surface area contributed by atoms with Crippen molar-refractivity contribution in [2.75, 3.05) is 18.5 Å². The van der Waals surface area contributed by atoms with Crippen molar-refractivity contribution in [3.8, 4) is 17.1 Å². The number of hydrogen-bond donors (Lipinski definition) is 1. The molecule has 0 spiro atoms. The van der Waals surface area contributed by atoms with Crippen LogP contribution in [0.1, 0.15) is 58.1 Å². The summed E-state index contributed by atoms with van der Waals surface area (Å²) in [5.41, 5.74) is 3.29. The first-order valence-corrected chi connectivity index (χ1v) is 12.0. The van der Waals surface area contributed by atoms with E-state index in [0.717, 1.165) is 41.4 Å². The van der Waals surface area contributed by atoms with Crippen LogP contribution in [-0.2, 0) is 4.74 Å². The van der Waals surface area contributed by atoms with Gasteiger partial charge in [0, 0.05) is 25.0 Å². The number of anilines is 1. The predicted octanol–water partition coefficient (Wildman–Crippen LogP) is 4.99. The van der Waals surface area contributed by atoms with Crippen LogP contribution in [-0.4, -0.2) is 38.4 Å². The summed E-state index contributed by atoms with van der Waals surface area (Å²) in [6.45, 7) is 9.39. The molecule has 1 aromatic carbocycles. The Labute approximate surface area is 195 Å². The Kier molecular flexibility index (Phi) is 7.28. The van der Waals surface area contributed by atoms with Gasteiger partial charge in [0.2, 0.25) is 5.95 Å². The highest BCUT2D eigenvalue weighted by molar-refractivity contribution is 5.59. The van der Waals surface area contributed by atoms with E-state index in [2.05, 4.69) is 17.2 Å². The van der Waals surface area contributed by atoms with Crippen molar-refractivity contribution in [1.82, 2.24) is 19.1 Å². The number of ether oxygens (including phenoxy) is 1. The van der Waals surface area contributed by atoms with E-state index in [9.17, 15) is 4.79 Å². The molecule has 7 heteroatoms. The van der Waals surface area contributed by atoms with E-state index < -0.39 is 0 Å². The Morgan fingerprint density at radius 3 is 2.73 bits per heavy atom. The van der Waals surface area contributed by atoms with Gasteiger partial charge in [0.25, 0.3) is 0 Å². The Morgan fingerprint density at radius 1 is 1.21 bits per heavy atom. The Morgan fingerprint density at radius 2 is 2.00 bits per heavy atom. The van der Waals surface area contributed by atoms with Crippen LogP contribution >= 0.6 is 0 Å². The van der Waals surface area contributed by atoms with Crippen molar-refractivity contribution in [2.24, 2.45) is 5.92 Å². The summed E-state index contributed by atoms with van der Waals surface area (Å²) in [6, 6.07) is 10.1. The van der Waals surface area contributed by atoms with Gasteiger partial charge in [-0.15, -0.1) is 0 Å². The molecule has 2 aromatic heterocycles. The molecule has 1 fully saturated rings. The summed E-state index contributed by atoms with van der Waals surface area (Å²) in [7, 11) is 0. The summed E-state index contributed by atoms with van der Waals surface area (Å²) in [5.74, 6) is 1.41. The summed E-state index contributed by atoms with van der Waals surface area (Å²) in [5, 5.41) is 3.52. The summed E-state index contributed by atoms with van der Waals surface area (Å²) >= 11 is 0. The molecule has 0 radical (unpaired) electrons. The third-order valence-corrected chi connectivity index (χ3v) is 6.48. The number of imidazole rings is 1. The minimum Gasteiger partial charge on any atom is -0.380 e. The Bertz CT molecular complexity index is 1130. The lowest BCUT2D eigenvalue weighted by molar-refractivity contribution is 0.118. The van der Waals surface area contributed by atoms with Gasteiger partial charge < -0.3 is 10.1 Å². The molecule has 33 heavy (non-hydrogen) atoms. The first-order valence-electron chi connectivity index (χ1n) is 12.0. The third-order valence-electron chi connectivity index (χ3n) is 6.48. The van der Waals surface area contributed by atoms with Crippen LogP contribution in [0.5, 0.6) is 0 Å². The number of nitrogens with one attached hydrogen (secondary N) is 1. The zero-order valence-electron chi connectivity index (χ0n) is 20.1. The lowest BCUT2D eigenvalue weighted by Crippen LogP contribution is -2.27. The molecule has 1 aliphatic carbocycles. The summed E-state index contributed by atoms with van der Waals surface area (Å²) in [4.78, 5) is 22.8. The molecule has 7 nitrogen and oxygen atoms in total. The van der Waals surface area contributed by atoms with Crippen molar-refractivity contribution in [3.05, 3.63) is 58.8 Å². The molecule has 1 unspecified atom stereocenters. The van der Waals surface area contributed by atoms with Crippen LogP contribution in [0.3, 0.4) is 0 Å². The van der Waals surface area contributed by atoms with Crippen LogP contribution in [0.15, 0.2) is 47.5 Å². The monoisotopic (exact) mass is 449 g/mol. The minimum atomic E-state index is -0.0998. The van der Waals surface area contributed by atoms with Crippen LogP contribution in [0.2, 0.25) is 0 Å². The van der Waals surface area contributed by atoms with Gasteiger partial charge >= 0.3 is 5.69 Å². The van der Waals surface area contributed by atoms with Gasteiger partial charge in [-0.1, -0.05) is 19.1 Å². The molecule has 0 aliphatic heterocycles. The van der Waals surface area contributed by atoms with Gasteiger partial charge in [-0.05, 0) is 76.1 Å². The number of rotatable bonds is 8. The fraction of sp³-hybridized carbons (Fsp3) is 0.500. The first kappa shape index (κ1) is 23.2. The maximum atomic E-state index is 13.5. The number of nitrogens with zero attached hydrogens (tertiary/aromatic N) is 4. The highest BCUT2D eigenvalue weighted by Crippen LogP contribution is 2.27. The lowest BCUT2D eigenvalue weighted by atomic mass is 9.87. The molecule has 1 saturated carbocycles. The van der Waals surface area contributed by atoms with Crippen molar-refractivity contribution in [1.29, 1.82) is 0 Å². The smallest absolute Gasteiger partial charge is 0.333 e. The molecule has 0 bridgehead atoms. The normalized spacial score (nSPS) is 19.4. The SMILES string of the molecule is CCOCC(C)n1cc(-c2ccnc(N[C@H]3CC[C@H](C)CC3)n2)n(-c2cccc(C)c2)c1=O. The first-order chi connectivity index (χ1) is 16.0. The Balaban J connectivity index is 1.72. The maximum Gasteiger partial charge on any atom is 0.333 e. The largest absolute Gasteiger partial charge is 0.380 e. The van der Waals surface area contributed by atoms with E-state index >= 15 is 0 Å². The van der Waals surface area contributed by atoms with Gasteiger partial charge in [0.1, 0.15) is 0 Å². The van der Waals surface area contributed by atoms with Gasteiger partial charge in [-0.2, -0.15) is 0 Å². The van der Waals surface area contributed by atoms with Gasteiger partial charge in [0.15, 0.2) is 0 Å². The third kappa shape index (κ3) is 5.36. The van der Waals surface area contributed by atoms with Gasteiger partial charge in [0.05, 0.1) is 29.7 Å². The fourth-order valence-corrected chi connectivity index (χ4v) is 4.50. The zero-order chi connectivity index (χ0) is 23.4.